The van der Waals surface area contributed by atoms with Crippen LogP contribution in [0.25, 0.3) is 0 Å². The Morgan fingerprint density at radius 3 is 2.89 bits per heavy atom. The molecule has 2 heterocycles. The van der Waals surface area contributed by atoms with E-state index in [-0.39, 0.29) is 0 Å². The number of hydrogen-bond acceptors (Lipinski definition) is 4. The standard InChI is InChI=1S/C14H19N3S/c1-3-15-10-12-6-4-8-14(16-12)17(2)11-13-7-5-9-18-13/h4-9,15H,3,10-11H2,1-2H3. The molecule has 0 saturated carbocycles. The van der Waals surface area contributed by atoms with E-state index in [9.17, 15) is 0 Å². The molecular weight excluding hydrogens is 242 g/mol. The summed E-state index contributed by atoms with van der Waals surface area (Å²) in [5.41, 5.74) is 1.09. The highest BCUT2D eigenvalue weighted by Crippen LogP contribution is 2.16. The summed E-state index contributed by atoms with van der Waals surface area (Å²) >= 11 is 1.78. The van der Waals surface area contributed by atoms with Gasteiger partial charge in [-0.2, -0.15) is 0 Å². The Labute approximate surface area is 112 Å². The molecule has 0 unspecified atom stereocenters. The van der Waals surface area contributed by atoms with Crippen molar-refractivity contribution in [3.05, 3.63) is 46.3 Å². The largest absolute Gasteiger partial charge is 0.355 e. The number of nitrogens with one attached hydrogen (secondary N) is 1. The van der Waals surface area contributed by atoms with Crippen LogP contribution in [0.2, 0.25) is 0 Å². The maximum Gasteiger partial charge on any atom is 0.128 e. The number of thiophene rings is 1. The molecule has 0 aliphatic rings. The molecule has 0 radical (unpaired) electrons. The van der Waals surface area contributed by atoms with E-state index in [1.807, 2.05) is 0 Å². The molecular formula is C14H19N3S. The van der Waals surface area contributed by atoms with Crippen LogP contribution >= 0.6 is 11.3 Å². The predicted molar refractivity (Wildman–Crippen MR) is 78.0 cm³/mol. The summed E-state index contributed by atoms with van der Waals surface area (Å²) in [7, 11) is 2.08. The van der Waals surface area contributed by atoms with Gasteiger partial charge in [-0.25, -0.2) is 4.98 Å². The van der Waals surface area contributed by atoms with Gasteiger partial charge in [0.05, 0.1) is 12.2 Å². The van der Waals surface area contributed by atoms with Crippen molar-refractivity contribution in [1.29, 1.82) is 0 Å². The van der Waals surface area contributed by atoms with E-state index in [4.69, 9.17) is 0 Å². The van der Waals surface area contributed by atoms with E-state index < -0.39 is 0 Å². The number of nitrogens with zero attached hydrogens (tertiary/aromatic N) is 2. The topological polar surface area (TPSA) is 28.2 Å². The molecule has 0 saturated heterocycles. The second-order valence-electron chi connectivity index (χ2n) is 4.20. The molecule has 0 aliphatic heterocycles. The molecule has 0 amide bonds. The summed E-state index contributed by atoms with van der Waals surface area (Å²) in [5, 5.41) is 5.41. The van der Waals surface area contributed by atoms with Crippen molar-refractivity contribution in [2.75, 3.05) is 18.5 Å². The summed E-state index contributed by atoms with van der Waals surface area (Å²) in [6.07, 6.45) is 0. The average molecular weight is 261 g/mol. The minimum atomic E-state index is 0.831. The molecule has 2 aromatic rings. The minimum absolute atomic E-state index is 0.831. The third-order valence-corrected chi connectivity index (χ3v) is 3.57. The molecule has 2 rings (SSSR count). The zero-order valence-electron chi connectivity index (χ0n) is 10.9. The molecule has 0 spiro atoms. The summed E-state index contributed by atoms with van der Waals surface area (Å²) in [6.45, 7) is 4.82. The summed E-state index contributed by atoms with van der Waals surface area (Å²) in [6, 6.07) is 10.4. The van der Waals surface area contributed by atoms with Crippen LogP contribution in [0.5, 0.6) is 0 Å². The molecule has 3 nitrogen and oxygen atoms in total. The van der Waals surface area contributed by atoms with E-state index in [0.717, 1.165) is 31.1 Å². The molecule has 0 aliphatic carbocycles. The van der Waals surface area contributed by atoms with Crippen LogP contribution in [0, 0.1) is 0 Å². The van der Waals surface area contributed by atoms with Gasteiger partial charge in [-0.3, -0.25) is 0 Å². The summed E-state index contributed by atoms with van der Waals surface area (Å²) in [5.74, 6) is 1.03. The number of rotatable bonds is 6. The highest BCUT2D eigenvalue weighted by molar-refractivity contribution is 7.09. The first kappa shape index (κ1) is 13.1. The summed E-state index contributed by atoms with van der Waals surface area (Å²) < 4.78 is 0. The maximum absolute atomic E-state index is 4.66. The lowest BCUT2D eigenvalue weighted by atomic mass is 10.3. The molecule has 0 atom stereocenters. The first-order chi connectivity index (χ1) is 8.79. The van der Waals surface area contributed by atoms with Crippen molar-refractivity contribution >= 4 is 17.2 Å². The third-order valence-electron chi connectivity index (χ3n) is 2.71. The Kier molecular flexibility index (Phi) is 4.73. The van der Waals surface area contributed by atoms with Gasteiger partial charge in [0.1, 0.15) is 5.82 Å². The van der Waals surface area contributed by atoms with Gasteiger partial charge < -0.3 is 10.2 Å². The lowest BCUT2D eigenvalue weighted by molar-refractivity contribution is 0.708. The lowest BCUT2D eigenvalue weighted by Gasteiger charge is -2.18. The second-order valence-corrected chi connectivity index (χ2v) is 5.24. The van der Waals surface area contributed by atoms with Gasteiger partial charge >= 0.3 is 0 Å². The van der Waals surface area contributed by atoms with Crippen molar-refractivity contribution in [3.63, 3.8) is 0 Å². The highest BCUT2D eigenvalue weighted by Gasteiger charge is 2.05. The van der Waals surface area contributed by atoms with Gasteiger partial charge in [-0.05, 0) is 30.1 Å². The molecule has 4 heteroatoms. The van der Waals surface area contributed by atoms with Gasteiger partial charge in [-0.15, -0.1) is 11.3 Å². The van der Waals surface area contributed by atoms with Crippen LogP contribution in [0.3, 0.4) is 0 Å². The van der Waals surface area contributed by atoms with E-state index in [1.165, 1.54) is 4.88 Å². The fourth-order valence-corrected chi connectivity index (χ4v) is 2.51. The molecule has 0 fully saturated rings. The average Bonchev–Trinajstić information content (AvgIpc) is 2.89. The van der Waals surface area contributed by atoms with Crippen LogP contribution in [-0.4, -0.2) is 18.6 Å². The van der Waals surface area contributed by atoms with Crippen LogP contribution in [0.1, 0.15) is 17.5 Å². The Morgan fingerprint density at radius 2 is 2.17 bits per heavy atom. The molecule has 0 aromatic carbocycles. The van der Waals surface area contributed by atoms with Gasteiger partial charge in [0.15, 0.2) is 0 Å². The van der Waals surface area contributed by atoms with Crippen LogP contribution in [-0.2, 0) is 13.1 Å². The van der Waals surface area contributed by atoms with Gasteiger partial charge in [0.25, 0.3) is 0 Å². The SMILES string of the molecule is CCNCc1cccc(N(C)Cc2cccs2)n1. The van der Waals surface area contributed by atoms with Crippen LogP contribution in [0.4, 0.5) is 5.82 Å². The second kappa shape index (κ2) is 6.52. The number of aromatic nitrogens is 1. The van der Waals surface area contributed by atoms with E-state index in [1.54, 1.807) is 11.3 Å². The summed E-state index contributed by atoms with van der Waals surface area (Å²) in [4.78, 5) is 8.20. The van der Waals surface area contributed by atoms with Crippen molar-refractivity contribution in [1.82, 2.24) is 10.3 Å². The fourth-order valence-electron chi connectivity index (χ4n) is 1.75. The number of pyridine rings is 1. The highest BCUT2D eigenvalue weighted by atomic mass is 32.1. The van der Waals surface area contributed by atoms with E-state index in [2.05, 4.69) is 64.9 Å². The normalized spacial score (nSPS) is 10.6. The van der Waals surface area contributed by atoms with Crippen molar-refractivity contribution in [3.8, 4) is 0 Å². The number of hydrogen-bond donors (Lipinski definition) is 1. The first-order valence-corrected chi connectivity index (χ1v) is 7.07. The van der Waals surface area contributed by atoms with Crippen molar-refractivity contribution in [2.45, 2.75) is 20.0 Å². The van der Waals surface area contributed by atoms with E-state index in [0.29, 0.717) is 0 Å². The van der Waals surface area contributed by atoms with Gasteiger partial charge in [0.2, 0.25) is 0 Å². The molecule has 1 N–H and O–H groups in total. The maximum atomic E-state index is 4.66. The Morgan fingerprint density at radius 1 is 1.28 bits per heavy atom. The Balaban J connectivity index is 2.03. The van der Waals surface area contributed by atoms with E-state index >= 15 is 0 Å². The Hall–Kier alpha value is -1.39. The first-order valence-electron chi connectivity index (χ1n) is 6.19. The third kappa shape index (κ3) is 3.55. The van der Waals surface area contributed by atoms with Gasteiger partial charge in [-0.1, -0.05) is 19.1 Å². The lowest BCUT2D eigenvalue weighted by Crippen LogP contribution is -2.19. The molecule has 96 valence electrons. The quantitative estimate of drug-likeness (QED) is 0.866. The monoisotopic (exact) mass is 261 g/mol. The zero-order chi connectivity index (χ0) is 12.8. The van der Waals surface area contributed by atoms with Gasteiger partial charge in [0, 0.05) is 18.5 Å². The van der Waals surface area contributed by atoms with Crippen molar-refractivity contribution in [2.24, 2.45) is 0 Å². The van der Waals surface area contributed by atoms with Crippen molar-refractivity contribution < 1.29 is 0 Å². The molecule has 2 aromatic heterocycles. The number of anilines is 1. The minimum Gasteiger partial charge on any atom is -0.355 e. The smallest absolute Gasteiger partial charge is 0.128 e. The molecule has 0 bridgehead atoms. The zero-order valence-corrected chi connectivity index (χ0v) is 11.7. The molecule has 18 heavy (non-hydrogen) atoms. The Bertz CT molecular complexity index is 468. The fraction of sp³-hybridized carbons (Fsp3) is 0.357. The van der Waals surface area contributed by atoms with Crippen LogP contribution in [0.15, 0.2) is 35.7 Å². The predicted octanol–water partition coefficient (Wildman–Crippen LogP) is 2.89. The van der Waals surface area contributed by atoms with Crippen LogP contribution < -0.4 is 10.2 Å².